The van der Waals surface area contributed by atoms with E-state index in [2.05, 4.69) is 371 Å². The van der Waals surface area contributed by atoms with Gasteiger partial charge in [-0.3, -0.25) is 24.9 Å². The highest BCUT2D eigenvalue weighted by Gasteiger charge is 2.43. The highest BCUT2D eigenvalue weighted by atomic mass is 15.5. The third-order valence-corrected chi connectivity index (χ3v) is 24.2. The van der Waals surface area contributed by atoms with Gasteiger partial charge in [0, 0.05) is 60.5 Å². The van der Waals surface area contributed by atoms with E-state index in [0.717, 1.165) is 11.4 Å². The number of pyridine rings is 5. The average Bonchev–Trinajstić information content (AvgIpc) is 1.61. The zero-order chi connectivity index (χ0) is 78.6. The monoisotopic (exact) mass is 1500 g/mol. The summed E-state index contributed by atoms with van der Waals surface area (Å²) < 4.78 is 0. The summed E-state index contributed by atoms with van der Waals surface area (Å²) in [6, 6.07) is 72.8. The normalized spacial score (nSPS) is 18.7. The van der Waals surface area contributed by atoms with Crippen molar-refractivity contribution in [1.29, 1.82) is 0 Å². The zero-order valence-corrected chi connectivity index (χ0v) is 68.5. The van der Waals surface area contributed by atoms with E-state index in [9.17, 15) is 0 Å². The van der Waals surface area contributed by atoms with Gasteiger partial charge < -0.3 is 49.0 Å². The molecule has 2 aliphatic carbocycles. The van der Waals surface area contributed by atoms with Crippen molar-refractivity contribution in [2.24, 2.45) is 0 Å². The van der Waals surface area contributed by atoms with Crippen LogP contribution in [0.25, 0.3) is 0 Å². The van der Waals surface area contributed by atoms with Crippen LogP contribution >= 0.6 is 0 Å². The van der Waals surface area contributed by atoms with E-state index in [4.69, 9.17) is 0 Å². The first-order valence-corrected chi connectivity index (χ1v) is 41.0. The molecule has 0 N–H and O–H groups in total. The molecule has 578 valence electrons. The predicted octanol–water partition coefficient (Wildman–Crippen LogP) is 24.4. The summed E-state index contributed by atoms with van der Waals surface area (Å²) in [6.07, 6.45) is 32.7. The zero-order valence-electron chi connectivity index (χ0n) is 68.5. The first-order valence-electron chi connectivity index (χ1n) is 41.0. The Morgan fingerprint density at radius 1 is 0.248 bits per heavy atom. The molecule has 0 radical (unpaired) electrons. The summed E-state index contributed by atoms with van der Waals surface area (Å²) in [5.74, 6) is 0. The average molecular weight is 1500 g/mol. The topological polar surface area (TPSA) is 96.8 Å². The van der Waals surface area contributed by atoms with Crippen LogP contribution in [-0.2, 0) is 0 Å². The van der Waals surface area contributed by atoms with Gasteiger partial charge in [0.15, 0.2) is 0 Å². The molecule has 19 rings (SSSR count). The maximum atomic E-state index is 4.37. The van der Waals surface area contributed by atoms with Gasteiger partial charge in [-0.2, -0.15) is 0 Å². The molecular weight excluding hydrogens is 1390 g/mol. The molecule has 7 aromatic carbocycles. The van der Waals surface area contributed by atoms with Gasteiger partial charge in [-0.05, 0) is 265 Å². The fourth-order valence-electron chi connectivity index (χ4n) is 18.9. The van der Waals surface area contributed by atoms with E-state index in [1.54, 1.807) is 0 Å². The molecule has 0 amide bonds. The molecule has 7 aliphatic rings. The van der Waals surface area contributed by atoms with Gasteiger partial charge in [0.2, 0.25) is 0 Å². The van der Waals surface area contributed by atoms with E-state index in [0.29, 0.717) is 36.6 Å². The van der Waals surface area contributed by atoms with E-state index >= 15 is 0 Å². The summed E-state index contributed by atoms with van der Waals surface area (Å²) in [7, 11) is 0. The van der Waals surface area contributed by atoms with Crippen molar-refractivity contribution in [3.05, 3.63) is 301 Å². The van der Waals surface area contributed by atoms with Crippen LogP contribution in [0.1, 0.15) is 145 Å². The van der Waals surface area contributed by atoms with Gasteiger partial charge in [-0.15, -0.1) is 0 Å². The maximum Gasteiger partial charge on any atom is 0.108 e. The summed E-state index contributed by atoms with van der Waals surface area (Å²) in [4.78, 5) is 46.4. The smallest absolute Gasteiger partial charge is 0.108 e. The van der Waals surface area contributed by atoms with E-state index in [-0.39, 0.29) is 12.3 Å². The summed E-state index contributed by atoms with van der Waals surface area (Å²) >= 11 is 0. The number of rotatable bonds is 10. The first kappa shape index (κ1) is 76.6. The largest absolute Gasteiger partial charge is 0.347 e. The van der Waals surface area contributed by atoms with Gasteiger partial charge in [-0.1, -0.05) is 129 Å². The van der Waals surface area contributed by atoms with Gasteiger partial charge in [0.1, 0.15) is 30.8 Å². The second kappa shape index (κ2) is 33.7. The number of anilines is 17. The predicted molar refractivity (Wildman–Crippen MR) is 473 cm³/mol. The van der Waals surface area contributed by atoms with Crippen LogP contribution in [0.5, 0.6) is 0 Å². The van der Waals surface area contributed by atoms with Gasteiger partial charge in [0.05, 0.1) is 116 Å². The van der Waals surface area contributed by atoms with Crippen molar-refractivity contribution in [3.8, 4) is 0 Å². The summed E-state index contributed by atoms with van der Waals surface area (Å²) in [5.41, 5.74) is 30.3. The number of hydrogen-bond acceptors (Lipinski definition) is 15. The lowest BCUT2D eigenvalue weighted by Crippen LogP contribution is -2.45. The van der Waals surface area contributed by atoms with Crippen LogP contribution in [0, 0.1) is 48.5 Å². The SMILES string of the molecule is Cc1ccncc1N1c2ccccc2N(C(C)C)[C@H]1C.Cc1ccncc1N1c2ccccc2N(C2CCCC2)[C@H]1C.Cc1ccncc1N1c2ccccc2N(C2CCCCC2)[C@H]1C.Cc1ccncc1N1c2ccccc2N(c2c(C)cccc2C)[C@H]1C.Cc1ccncc1N1c2ccccc2N(c2ccccc2)[C@H]1C. The van der Waals surface area contributed by atoms with E-state index in [1.165, 1.54) is 182 Å². The number of benzene rings is 7. The Kier molecular flexibility index (Phi) is 22.9. The van der Waals surface area contributed by atoms with Gasteiger partial charge in [0.25, 0.3) is 0 Å². The Bertz CT molecular complexity index is 5230. The van der Waals surface area contributed by atoms with Gasteiger partial charge >= 0.3 is 0 Å². The van der Waals surface area contributed by atoms with Crippen LogP contribution in [0.2, 0.25) is 0 Å². The number of aromatic nitrogens is 5. The van der Waals surface area contributed by atoms with E-state index in [1.807, 2.05) is 62.0 Å². The number of nitrogens with zero attached hydrogens (tertiary/aromatic N) is 15. The Morgan fingerprint density at radius 3 is 0.876 bits per heavy atom. The summed E-state index contributed by atoms with van der Waals surface area (Å²) in [6.45, 7) is 31.1. The molecule has 113 heavy (non-hydrogen) atoms. The van der Waals surface area contributed by atoms with Crippen molar-refractivity contribution in [2.45, 2.75) is 204 Å². The maximum absolute atomic E-state index is 4.37. The first-order chi connectivity index (χ1) is 55.0. The van der Waals surface area contributed by atoms with Crippen molar-refractivity contribution >= 4 is 96.7 Å². The lowest BCUT2D eigenvalue weighted by molar-refractivity contribution is 0.400. The second-order valence-electron chi connectivity index (χ2n) is 31.6. The van der Waals surface area contributed by atoms with Crippen LogP contribution in [-0.4, -0.2) is 73.9 Å². The molecule has 12 aromatic rings. The molecule has 2 saturated carbocycles. The quantitative estimate of drug-likeness (QED) is 0.130. The van der Waals surface area contributed by atoms with Crippen molar-refractivity contribution < 1.29 is 0 Å². The molecule has 5 aliphatic heterocycles. The minimum absolute atomic E-state index is 0.181. The Hall–Kier alpha value is -11.7. The standard InChI is InChI=1S/C22H23N3.C20H25N3.C20H19N3.C19H23N3.C17H21N3/c1-15-12-13-23-14-21(15)24-18(4)25(20-11-6-5-10-19(20)24)22-16(2)8-7-9-17(22)3;2*1-15-12-13-21-14-20(15)23-16(2)22(17-8-4-3-5-9-17)18-10-6-7-11-19(18)23;1-14-11-12-20-13-19(14)22-15(2)21(16-7-3-4-8-16)17-9-5-6-10-18(17)22;1-12(2)19-14(4)20(16-8-6-5-7-15(16)19)17-11-18-10-9-13(17)3/h5-14,18H,1-4H3;6-7,10-14,16-17H,3-5,8-9H2,1-2H3;3-14,16H,1-2H3;5-6,9-13,15-16H,3-4,7-8H2,1-2H3;5-12,14H,1-4H3/t18-;2*16-;15-;14-/m01111/s1. The highest BCUT2D eigenvalue weighted by Crippen LogP contribution is 2.54. The third-order valence-electron chi connectivity index (χ3n) is 24.2. The lowest BCUT2D eigenvalue weighted by Gasteiger charge is -2.38. The fraction of sp³-hybridized carbons (Fsp3) is 0.316. The molecule has 0 spiro atoms. The number of para-hydroxylation sites is 12. The molecule has 0 bridgehead atoms. The minimum atomic E-state index is 0.181. The van der Waals surface area contributed by atoms with Crippen LogP contribution < -0.4 is 49.0 Å². The van der Waals surface area contributed by atoms with Crippen molar-refractivity contribution in [2.75, 3.05) is 49.0 Å². The Labute approximate surface area is 671 Å². The molecule has 15 nitrogen and oxygen atoms in total. The number of fused-ring (bicyclic) bond motifs is 5. The van der Waals surface area contributed by atoms with Gasteiger partial charge in [-0.25, -0.2) is 0 Å². The molecular formula is C98H111N15. The molecule has 5 aromatic heterocycles. The van der Waals surface area contributed by atoms with Crippen molar-refractivity contribution in [1.82, 2.24) is 24.9 Å². The fourth-order valence-corrected chi connectivity index (χ4v) is 18.9. The second-order valence-corrected chi connectivity index (χ2v) is 31.6. The molecule has 15 heteroatoms. The summed E-state index contributed by atoms with van der Waals surface area (Å²) in [5, 5.41) is 0. The lowest BCUT2D eigenvalue weighted by atomic mass is 9.94. The molecule has 5 atom stereocenters. The molecule has 2 fully saturated rings. The van der Waals surface area contributed by atoms with Crippen LogP contribution in [0.4, 0.5) is 96.7 Å². The Morgan fingerprint density at radius 2 is 0.522 bits per heavy atom. The highest BCUT2D eigenvalue weighted by molar-refractivity contribution is 5.92. The van der Waals surface area contributed by atoms with Crippen molar-refractivity contribution in [3.63, 3.8) is 0 Å². The molecule has 10 heterocycles. The number of aryl methyl sites for hydroxylation is 7. The van der Waals surface area contributed by atoms with E-state index < -0.39 is 0 Å². The third kappa shape index (κ3) is 14.9. The number of hydrogen-bond donors (Lipinski definition) is 0. The minimum Gasteiger partial charge on any atom is -0.347 e. The Balaban J connectivity index is 0.000000112. The molecule has 0 saturated heterocycles. The molecule has 0 unspecified atom stereocenters. The van der Waals surface area contributed by atoms with Crippen LogP contribution in [0.15, 0.2) is 262 Å². The van der Waals surface area contributed by atoms with Crippen LogP contribution in [0.3, 0.4) is 0 Å².